The zero-order valence-electron chi connectivity index (χ0n) is 58.5. The fourth-order valence-electron chi connectivity index (χ4n) is 11.9. The third kappa shape index (κ3) is 69.5. The molecule has 0 spiro atoms. The summed E-state index contributed by atoms with van der Waals surface area (Å²) in [5, 5.41) is 11.8. The van der Waals surface area contributed by atoms with Gasteiger partial charge in [-0.1, -0.05) is 366 Å². The van der Waals surface area contributed by atoms with Crippen LogP contribution in [0.1, 0.15) is 406 Å². The Morgan fingerprint density at radius 1 is 0.337 bits per heavy atom. The van der Waals surface area contributed by atoms with E-state index < -0.39 is 24.3 Å². The van der Waals surface area contributed by atoms with E-state index in [0.717, 1.165) is 38.5 Å². The Balaban J connectivity index is 3.90. The van der Waals surface area contributed by atoms with Gasteiger partial charge in [0, 0.05) is 12.8 Å². The Bertz CT molecular complexity index is 1410. The molecular formula is C77H149NO8. The van der Waals surface area contributed by atoms with Crippen molar-refractivity contribution in [2.75, 3.05) is 47.5 Å². The number of carbonyl (C=O) groups is 3. The van der Waals surface area contributed by atoms with Crippen LogP contribution in [0, 0.1) is 0 Å². The zero-order chi connectivity index (χ0) is 62.6. The van der Waals surface area contributed by atoms with Gasteiger partial charge in [-0.25, -0.2) is 0 Å². The minimum atomic E-state index is -1.62. The van der Waals surface area contributed by atoms with Crippen molar-refractivity contribution in [2.45, 2.75) is 418 Å². The first-order valence-electron chi connectivity index (χ1n) is 38.3. The van der Waals surface area contributed by atoms with Crippen molar-refractivity contribution in [1.82, 2.24) is 0 Å². The lowest BCUT2D eigenvalue weighted by molar-refractivity contribution is -0.870. The number of ether oxygens (including phenoxy) is 4. The molecule has 0 aliphatic carbocycles. The topological polar surface area (TPSA) is 111 Å². The van der Waals surface area contributed by atoms with Crippen LogP contribution in [-0.4, -0.2) is 82.3 Å². The number of carboxylic acid groups (broad SMARTS) is 1. The van der Waals surface area contributed by atoms with Crippen molar-refractivity contribution >= 4 is 17.9 Å². The van der Waals surface area contributed by atoms with Gasteiger partial charge in [-0.05, 0) is 38.5 Å². The number of carboxylic acids is 1. The lowest BCUT2D eigenvalue weighted by Crippen LogP contribution is -2.44. The first-order chi connectivity index (χ1) is 42.1. The Kier molecular flexibility index (Phi) is 67.4. The van der Waals surface area contributed by atoms with Crippen molar-refractivity contribution in [1.29, 1.82) is 0 Å². The van der Waals surface area contributed by atoms with Crippen LogP contribution in [-0.2, 0) is 33.3 Å². The number of carbonyl (C=O) groups excluding carboxylic acids is 3. The molecule has 0 saturated heterocycles. The fraction of sp³-hybridized carbons (Fsp3) is 0.935. The molecule has 0 aromatic carbocycles. The molecule has 0 bridgehead atoms. The van der Waals surface area contributed by atoms with Gasteiger partial charge in [0.25, 0.3) is 0 Å². The number of aliphatic carboxylic acids is 1. The monoisotopic (exact) mass is 1220 g/mol. The molecule has 9 heteroatoms. The minimum absolute atomic E-state index is 0.153. The smallest absolute Gasteiger partial charge is 0.306 e. The summed E-state index contributed by atoms with van der Waals surface area (Å²) in [5.41, 5.74) is 0. The van der Waals surface area contributed by atoms with Crippen LogP contribution in [0.4, 0.5) is 0 Å². The number of hydrogen-bond donors (Lipinski definition) is 0. The van der Waals surface area contributed by atoms with Gasteiger partial charge in [0.2, 0.25) is 0 Å². The van der Waals surface area contributed by atoms with Crippen LogP contribution in [0.5, 0.6) is 0 Å². The second-order valence-electron chi connectivity index (χ2n) is 27.7. The van der Waals surface area contributed by atoms with E-state index in [-0.39, 0.29) is 32.2 Å². The van der Waals surface area contributed by atoms with E-state index in [1.165, 1.54) is 340 Å². The number of nitrogens with zero attached hydrogens (tertiary/aromatic N) is 1. The van der Waals surface area contributed by atoms with Gasteiger partial charge in [0.05, 0.1) is 40.3 Å². The van der Waals surface area contributed by atoms with Gasteiger partial charge in [-0.15, -0.1) is 0 Å². The molecule has 9 nitrogen and oxygen atoms in total. The molecule has 0 aromatic rings. The largest absolute Gasteiger partial charge is 0.545 e. The van der Waals surface area contributed by atoms with E-state index in [9.17, 15) is 19.5 Å². The second kappa shape index (κ2) is 68.9. The summed E-state index contributed by atoms with van der Waals surface area (Å²) < 4.78 is 22.8. The van der Waals surface area contributed by atoms with E-state index >= 15 is 0 Å². The molecule has 0 N–H and O–H groups in total. The maximum absolute atomic E-state index is 12.9. The van der Waals surface area contributed by atoms with Gasteiger partial charge in [0.15, 0.2) is 12.4 Å². The molecule has 0 aliphatic rings. The van der Waals surface area contributed by atoms with Gasteiger partial charge in [-0.2, -0.15) is 0 Å². The summed E-state index contributed by atoms with van der Waals surface area (Å²) in [7, 11) is 5.95. The highest BCUT2D eigenvalue weighted by atomic mass is 16.7. The third-order valence-electron chi connectivity index (χ3n) is 17.8. The summed E-state index contributed by atoms with van der Waals surface area (Å²) in [6.45, 7) is 4.83. The van der Waals surface area contributed by atoms with Crippen LogP contribution in [0.2, 0.25) is 0 Å². The van der Waals surface area contributed by atoms with Crippen LogP contribution >= 0.6 is 0 Å². The molecule has 86 heavy (non-hydrogen) atoms. The van der Waals surface area contributed by atoms with E-state index in [1.54, 1.807) is 0 Å². The SMILES string of the molecule is CCCCCCCCCC/C=C\CCCCCCCCCCCCCCCCCCCCCCCCCCCCCCCC(=O)OC(COC(=O)CCCCCCCCCCCCCCCCCCCCCC)COC(OCC[N+](C)(C)C)C(=O)[O-]. The Hall–Kier alpha value is -1.97. The maximum atomic E-state index is 12.9. The van der Waals surface area contributed by atoms with Crippen molar-refractivity contribution < 1.29 is 42.9 Å². The number of allylic oxidation sites excluding steroid dienone is 2. The number of likely N-dealkylation sites (N-methyl/N-ethyl adjacent to an activating group) is 1. The van der Waals surface area contributed by atoms with Crippen LogP contribution in [0.3, 0.4) is 0 Å². The average Bonchev–Trinajstić information content (AvgIpc) is 3.63. The molecule has 0 heterocycles. The average molecular weight is 1220 g/mol. The first kappa shape index (κ1) is 84.0. The quantitative estimate of drug-likeness (QED) is 0.0195. The standard InChI is InChI=1S/C77H149NO8/c1-6-8-10-12-14-16-18-20-22-24-26-28-29-30-31-32-33-34-35-36-37-38-39-40-41-42-43-44-45-46-47-48-50-52-54-56-58-60-62-64-66-68-75(80)86-73(72-85-77(76(81)82)83-70-69-78(3,4)5)71-84-74(79)67-65-63-61-59-57-55-53-51-49-27-25-23-21-19-17-15-13-11-9-7-2/h24,26,73,77H,6-23,25,27-72H2,1-5H3/b26-24-. The molecular weight excluding hydrogens is 1070 g/mol. The normalized spacial score (nSPS) is 12.6. The number of esters is 2. The second-order valence-corrected chi connectivity index (χ2v) is 27.7. The molecule has 2 unspecified atom stereocenters. The van der Waals surface area contributed by atoms with E-state index in [4.69, 9.17) is 18.9 Å². The van der Waals surface area contributed by atoms with Gasteiger partial charge >= 0.3 is 11.9 Å². The highest BCUT2D eigenvalue weighted by molar-refractivity contribution is 5.70. The molecule has 0 radical (unpaired) electrons. The molecule has 0 rings (SSSR count). The van der Waals surface area contributed by atoms with Crippen molar-refractivity contribution in [2.24, 2.45) is 0 Å². The van der Waals surface area contributed by atoms with Crippen molar-refractivity contribution in [3.63, 3.8) is 0 Å². The van der Waals surface area contributed by atoms with Gasteiger partial charge < -0.3 is 33.3 Å². The Morgan fingerprint density at radius 2 is 0.593 bits per heavy atom. The first-order valence-corrected chi connectivity index (χ1v) is 38.3. The van der Waals surface area contributed by atoms with Gasteiger partial charge in [-0.3, -0.25) is 9.59 Å². The number of rotatable bonds is 73. The highest BCUT2D eigenvalue weighted by Gasteiger charge is 2.22. The molecule has 0 aliphatic heterocycles. The van der Waals surface area contributed by atoms with E-state index in [1.807, 2.05) is 21.1 Å². The molecule has 0 aromatic heterocycles. The third-order valence-corrected chi connectivity index (χ3v) is 17.8. The Labute approximate surface area is 535 Å². The van der Waals surface area contributed by atoms with Crippen molar-refractivity contribution in [3.05, 3.63) is 12.2 Å². The fourth-order valence-corrected chi connectivity index (χ4v) is 11.9. The van der Waals surface area contributed by atoms with Crippen LogP contribution < -0.4 is 5.11 Å². The summed E-state index contributed by atoms with van der Waals surface area (Å²) in [6.07, 6.45) is 82.0. The molecule has 510 valence electrons. The molecule has 2 atom stereocenters. The Morgan fingerprint density at radius 3 is 0.860 bits per heavy atom. The maximum Gasteiger partial charge on any atom is 0.306 e. The number of hydrogen-bond acceptors (Lipinski definition) is 8. The summed E-state index contributed by atoms with van der Waals surface area (Å²) in [6, 6.07) is 0. The minimum Gasteiger partial charge on any atom is -0.545 e. The zero-order valence-corrected chi connectivity index (χ0v) is 58.5. The lowest BCUT2D eigenvalue weighted by Gasteiger charge is -2.26. The van der Waals surface area contributed by atoms with E-state index in [2.05, 4.69) is 26.0 Å². The number of quaternary nitrogens is 1. The predicted octanol–water partition coefficient (Wildman–Crippen LogP) is 22.6. The number of unbranched alkanes of at least 4 members (excludes halogenated alkanes) is 56. The summed E-state index contributed by atoms with van der Waals surface area (Å²) >= 11 is 0. The molecule has 0 saturated carbocycles. The predicted molar refractivity (Wildman–Crippen MR) is 367 cm³/mol. The van der Waals surface area contributed by atoms with Crippen molar-refractivity contribution in [3.8, 4) is 0 Å². The lowest BCUT2D eigenvalue weighted by atomic mass is 10.0. The summed E-state index contributed by atoms with van der Waals surface area (Å²) in [5.74, 6) is -2.24. The highest BCUT2D eigenvalue weighted by Crippen LogP contribution is 2.20. The molecule has 0 amide bonds. The van der Waals surface area contributed by atoms with E-state index in [0.29, 0.717) is 17.4 Å². The van der Waals surface area contributed by atoms with Crippen LogP contribution in [0.25, 0.3) is 0 Å². The van der Waals surface area contributed by atoms with Crippen LogP contribution in [0.15, 0.2) is 12.2 Å². The molecule has 0 fully saturated rings. The van der Waals surface area contributed by atoms with Gasteiger partial charge in [0.1, 0.15) is 13.2 Å². The summed E-state index contributed by atoms with van der Waals surface area (Å²) in [4.78, 5) is 37.5.